The van der Waals surface area contributed by atoms with Gasteiger partial charge >= 0.3 is 0 Å². The van der Waals surface area contributed by atoms with Gasteiger partial charge in [0, 0.05) is 6.42 Å². The first kappa shape index (κ1) is 13.8. The molecule has 2 heteroatoms. The van der Waals surface area contributed by atoms with Gasteiger partial charge in [0.25, 0.3) is 0 Å². The quantitative estimate of drug-likeness (QED) is 0.881. The number of rotatable bonds is 3. The minimum absolute atomic E-state index is 0.248. The third-order valence-corrected chi connectivity index (χ3v) is 3.57. The van der Waals surface area contributed by atoms with Gasteiger partial charge in [0.2, 0.25) is 0 Å². The average Bonchev–Trinajstić information content (AvgIpc) is 2.30. The average molecular weight is 258 g/mol. The van der Waals surface area contributed by atoms with Crippen LogP contribution in [0.2, 0.25) is 0 Å². The summed E-state index contributed by atoms with van der Waals surface area (Å²) in [5, 5.41) is 10.4. The minimum atomic E-state index is -0.596. The van der Waals surface area contributed by atoms with Gasteiger partial charge < -0.3 is 5.11 Å². The van der Waals surface area contributed by atoms with E-state index in [4.69, 9.17) is 0 Å². The van der Waals surface area contributed by atoms with E-state index in [0.29, 0.717) is 6.42 Å². The van der Waals surface area contributed by atoms with Gasteiger partial charge in [0.1, 0.15) is 5.82 Å². The Morgan fingerprint density at radius 2 is 1.58 bits per heavy atom. The number of benzene rings is 2. The number of aryl methyl sites for hydroxylation is 3. The van der Waals surface area contributed by atoms with Crippen LogP contribution in [0.4, 0.5) is 4.39 Å². The Hall–Kier alpha value is -1.67. The summed E-state index contributed by atoms with van der Waals surface area (Å²) in [4.78, 5) is 0. The second-order valence-corrected chi connectivity index (χ2v) is 5.10. The first-order chi connectivity index (χ1) is 8.99. The van der Waals surface area contributed by atoms with Gasteiger partial charge in [0.15, 0.2) is 0 Å². The van der Waals surface area contributed by atoms with Crippen LogP contribution in [-0.2, 0) is 6.42 Å². The van der Waals surface area contributed by atoms with E-state index in [1.165, 1.54) is 17.7 Å². The van der Waals surface area contributed by atoms with Gasteiger partial charge in [-0.3, -0.25) is 0 Å². The summed E-state index contributed by atoms with van der Waals surface area (Å²) in [7, 11) is 0. The molecule has 0 saturated heterocycles. The first-order valence-corrected chi connectivity index (χ1v) is 6.48. The van der Waals surface area contributed by atoms with Crippen molar-refractivity contribution in [2.45, 2.75) is 33.3 Å². The molecule has 0 fully saturated rings. The van der Waals surface area contributed by atoms with E-state index in [-0.39, 0.29) is 5.82 Å². The van der Waals surface area contributed by atoms with E-state index in [9.17, 15) is 9.50 Å². The normalized spacial score (nSPS) is 12.5. The molecule has 1 N–H and O–H groups in total. The van der Waals surface area contributed by atoms with Crippen LogP contribution in [0.25, 0.3) is 0 Å². The van der Waals surface area contributed by atoms with Crippen molar-refractivity contribution in [3.05, 3.63) is 70.0 Å². The molecule has 0 aliphatic carbocycles. The maximum Gasteiger partial charge on any atom is 0.123 e. The van der Waals surface area contributed by atoms with Crippen molar-refractivity contribution >= 4 is 0 Å². The Kier molecular flexibility index (Phi) is 4.01. The minimum Gasteiger partial charge on any atom is -0.388 e. The molecule has 0 aliphatic rings. The Balaban J connectivity index is 2.31. The summed E-state index contributed by atoms with van der Waals surface area (Å²) < 4.78 is 13.3. The molecular formula is C17H19FO. The molecule has 0 spiro atoms. The van der Waals surface area contributed by atoms with Gasteiger partial charge in [-0.15, -0.1) is 0 Å². The monoisotopic (exact) mass is 258 g/mol. The number of hydrogen-bond donors (Lipinski definition) is 1. The topological polar surface area (TPSA) is 20.2 Å². The molecular weight excluding hydrogens is 239 g/mol. The largest absolute Gasteiger partial charge is 0.388 e. The second kappa shape index (κ2) is 5.54. The molecule has 0 radical (unpaired) electrons. The van der Waals surface area contributed by atoms with Gasteiger partial charge in [-0.25, -0.2) is 4.39 Å². The van der Waals surface area contributed by atoms with Crippen molar-refractivity contribution in [1.29, 1.82) is 0 Å². The highest BCUT2D eigenvalue weighted by atomic mass is 19.1. The molecule has 0 bridgehead atoms. The predicted molar refractivity (Wildman–Crippen MR) is 75.7 cm³/mol. The van der Waals surface area contributed by atoms with E-state index in [0.717, 1.165) is 22.3 Å². The van der Waals surface area contributed by atoms with Gasteiger partial charge in [-0.1, -0.05) is 24.3 Å². The maximum atomic E-state index is 13.3. The number of aliphatic hydroxyl groups is 1. The summed E-state index contributed by atoms with van der Waals surface area (Å²) in [6.07, 6.45) is -0.0401. The highest BCUT2D eigenvalue weighted by Gasteiger charge is 2.15. The Morgan fingerprint density at radius 1 is 1.00 bits per heavy atom. The maximum absolute atomic E-state index is 13.3. The van der Waals surface area contributed by atoms with E-state index >= 15 is 0 Å². The van der Waals surface area contributed by atoms with Gasteiger partial charge in [-0.2, -0.15) is 0 Å². The zero-order chi connectivity index (χ0) is 14.0. The molecule has 1 unspecified atom stereocenters. The number of aliphatic hydroxyl groups excluding tert-OH is 1. The molecule has 0 saturated carbocycles. The highest BCUT2D eigenvalue weighted by molar-refractivity contribution is 5.37. The molecule has 1 atom stereocenters. The second-order valence-electron chi connectivity index (χ2n) is 5.10. The van der Waals surface area contributed by atoms with Crippen LogP contribution < -0.4 is 0 Å². The third-order valence-electron chi connectivity index (χ3n) is 3.57. The van der Waals surface area contributed by atoms with E-state index in [2.05, 4.69) is 0 Å². The van der Waals surface area contributed by atoms with Gasteiger partial charge in [-0.05, 0) is 60.7 Å². The molecule has 0 aromatic heterocycles. The van der Waals surface area contributed by atoms with Crippen LogP contribution in [0.3, 0.4) is 0 Å². The molecule has 2 aromatic carbocycles. The lowest BCUT2D eigenvalue weighted by Crippen LogP contribution is -2.07. The van der Waals surface area contributed by atoms with Crippen LogP contribution in [-0.4, -0.2) is 5.11 Å². The Labute approximate surface area is 113 Å². The van der Waals surface area contributed by atoms with Crippen molar-refractivity contribution in [2.75, 3.05) is 0 Å². The van der Waals surface area contributed by atoms with Crippen LogP contribution in [0.15, 0.2) is 36.4 Å². The van der Waals surface area contributed by atoms with E-state index in [1.807, 2.05) is 45.0 Å². The van der Waals surface area contributed by atoms with Crippen LogP contribution in [0.5, 0.6) is 0 Å². The SMILES string of the molecule is Cc1ccccc1CC(O)c1c(C)cc(F)cc1C. The lowest BCUT2D eigenvalue weighted by atomic mass is 9.92. The molecule has 2 rings (SSSR count). The fraction of sp³-hybridized carbons (Fsp3) is 0.294. The van der Waals surface area contributed by atoms with Crippen molar-refractivity contribution in [3.8, 4) is 0 Å². The lowest BCUT2D eigenvalue weighted by molar-refractivity contribution is 0.176. The zero-order valence-electron chi connectivity index (χ0n) is 11.6. The number of hydrogen-bond acceptors (Lipinski definition) is 1. The van der Waals surface area contributed by atoms with Crippen molar-refractivity contribution in [1.82, 2.24) is 0 Å². The Morgan fingerprint density at radius 3 is 2.16 bits per heavy atom. The molecule has 19 heavy (non-hydrogen) atoms. The Bertz CT molecular complexity index is 567. The highest BCUT2D eigenvalue weighted by Crippen LogP contribution is 2.26. The smallest absolute Gasteiger partial charge is 0.123 e. The molecule has 100 valence electrons. The van der Waals surface area contributed by atoms with Gasteiger partial charge in [0.05, 0.1) is 6.10 Å². The van der Waals surface area contributed by atoms with Crippen molar-refractivity contribution < 1.29 is 9.50 Å². The fourth-order valence-corrected chi connectivity index (χ4v) is 2.60. The first-order valence-electron chi connectivity index (χ1n) is 6.48. The van der Waals surface area contributed by atoms with Crippen LogP contribution in [0, 0.1) is 26.6 Å². The van der Waals surface area contributed by atoms with E-state index < -0.39 is 6.10 Å². The lowest BCUT2D eigenvalue weighted by Gasteiger charge is -2.18. The summed E-state index contributed by atoms with van der Waals surface area (Å²) in [5.74, 6) is -0.248. The summed E-state index contributed by atoms with van der Waals surface area (Å²) in [5.41, 5.74) is 4.74. The summed E-state index contributed by atoms with van der Waals surface area (Å²) in [6.45, 7) is 5.71. The van der Waals surface area contributed by atoms with Crippen molar-refractivity contribution in [2.24, 2.45) is 0 Å². The standard InChI is InChI=1S/C17H19FO/c1-11-6-4-5-7-14(11)10-16(19)17-12(2)8-15(18)9-13(17)3/h4-9,16,19H,10H2,1-3H3. The van der Waals surface area contributed by atoms with Crippen LogP contribution >= 0.6 is 0 Å². The van der Waals surface area contributed by atoms with Crippen molar-refractivity contribution in [3.63, 3.8) is 0 Å². The zero-order valence-corrected chi connectivity index (χ0v) is 11.6. The molecule has 2 aromatic rings. The third kappa shape index (κ3) is 3.02. The van der Waals surface area contributed by atoms with E-state index in [1.54, 1.807) is 0 Å². The summed E-state index contributed by atoms with van der Waals surface area (Å²) in [6, 6.07) is 11.0. The summed E-state index contributed by atoms with van der Waals surface area (Å²) >= 11 is 0. The molecule has 0 aliphatic heterocycles. The number of halogens is 1. The molecule has 0 amide bonds. The van der Waals surface area contributed by atoms with Crippen LogP contribution in [0.1, 0.15) is 33.9 Å². The molecule has 1 nitrogen and oxygen atoms in total. The fourth-order valence-electron chi connectivity index (χ4n) is 2.60. The predicted octanol–water partition coefficient (Wildman–Crippen LogP) is 4.03. The molecule has 0 heterocycles.